The molecular weight excluding hydrogens is 179 g/mol. The molecule has 70 valence electrons. The van der Waals surface area contributed by atoms with Crippen LogP contribution in [-0.2, 0) is 6.42 Å². The Labute approximate surface area is 80.9 Å². The molecule has 13 heavy (non-hydrogen) atoms. The highest BCUT2D eigenvalue weighted by Crippen LogP contribution is 2.01. The van der Waals surface area contributed by atoms with Crippen LogP contribution in [0.2, 0.25) is 12.6 Å². The fourth-order valence-electron chi connectivity index (χ4n) is 1.12. The van der Waals surface area contributed by atoms with Gasteiger partial charge in [0.25, 0.3) is 0 Å². The number of allylic oxidation sites excluding steroid dienone is 2. The monoisotopic (exact) mass is 194 g/mol. The first-order valence-electron chi connectivity index (χ1n) is 4.62. The van der Waals surface area contributed by atoms with Gasteiger partial charge in [-0.25, -0.2) is 0 Å². The van der Waals surface area contributed by atoms with E-state index in [0.717, 1.165) is 6.42 Å². The van der Waals surface area contributed by atoms with E-state index in [-0.39, 0.29) is 0 Å². The summed E-state index contributed by atoms with van der Waals surface area (Å²) < 4.78 is 12.5. The lowest BCUT2D eigenvalue weighted by atomic mass is 10.1. The third-order valence-corrected chi connectivity index (χ3v) is 2.75. The van der Waals surface area contributed by atoms with Crippen molar-refractivity contribution in [3.63, 3.8) is 0 Å². The second-order valence-corrected chi connectivity index (χ2v) is 5.21. The van der Waals surface area contributed by atoms with E-state index in [4.69, 9.17) is 0 Å². The van der Waals surface area contributed by atoms with Gasteiger partial charge in [0.1, 0.15) is 0 Å². The largest absolute Gasteiger partial charge is 0.318 e. The van der Waals surface area contributed by atoms with E-state index in [2.05, 4.69) is 18.2 Å². The van der Waals surface area contributed by atoms with Gasteiger partial charge in [0.05, 0.1) is 0 Å². The average molecular weight is 194 g/mol. The molecule has 0 aliphatic heterocycles. The highest BCUT2D eigenvalue weighted by atomic mass is 28.3. The topological polar surface area (TPSA) is 0 Å². The molecule has 1 aromatic carbocycles. The lowest BCUT2D eigenvalue weighted by Gasteiger charge is -1.94. The Morgan fingerprint density at radius 2 is 1.92 bits per heavy atom. The molecule has 0 amide bonds. The molecule has 1 unspecified atom stereocenters. The van der Waals surface area contributed by atoms with E-state index >= 15 is 0 Å². The van der Waals surface area contributed by atoms with E-state index < -0.39 is 9.13 Å². The molecule has 0 spiro atoms. The molecule has 0 aliphatic rings. The summed E-state index contributed by atoms with van der Waals surface area (Å²) in [5, 5.41) is 0. The normalized spacial score (nSPS) is 13.4. The van der Waals surface area contributed by atoms with Gasteiger partial charge in [0, 0.05) is 0 Å². The van der Waals surface area contributed by atoms with Crippen LogP contribution in [0.3, 0.4) is 0 Å². The third kappa shape index (κ3) is 4.63. The van der Waals surface area contributed by atoms with Crippen molar-refractivity contribution in [1.29, 1.82) is 0 Å². The zero-order valence-electron chi connectivity index (χ0n) is 7.91. The molecule has 0 bridgehead atoms. The molecule has 1 aromatic rings. The van der Waals surface area contributed by atoms with Crippen LogP contribution in [0, 0.1) is 0 Å². The van der Waals surface area contributed by atoms with Gasteiger partial charge < -0.3 is 4.11 Å². The minimum Gasteiger partial charge on any atom is -0.318 e. The summed E-state index contributed by atoms with van der Waals surface area (Å²) in [6, 6.07) is 10.9. The standard InChI is InChI=1S/C11H15FSi/c1-13(12)10-6-5-9-11-7-3-2-4-8-11/h2-8,13H,9-10H2,1H3. The van der Waals surface area contributed by atoms with Crippen molar-refractivity contribution < 1.29 is 4.11 Å². The predicted octanol–water partition coefficient (Wildman–Crippen LogP) is 3.11. The number of halogens is 1. The maximum atomic E-state index is 12.5. The lowest BCUT2D eigenvalue weighted by molar-refractivity contribution is 0.837. The van der Waals surface area contributed by atoms with Gasteiger partial charge in [-0.15, -0.1) is 0 Å². The van der Waals surface area contributed by atoms with Crippen LogP contribution in [0.4, 0.5) is 4.11 Å². The fourth-order valence-corrected chi connectivity index (χ4v) is 1.68. The number of hydrogen-bond acceptors (Lipinski definition) is 0. The van der Waals surface area contributed by atoms with Crippen molar-refractivity contribution >= 4 is 9.13 Å². The van der Waals surface area contributed by atoms with Crippen LogP contribution in [0.15, 0.2) is 42.5 Å². The highest BCUT2D eigenvalue weighted by molar-refractivity contribution is 6.49. The van der Waals surface area contributed by atoms with E-state index in [1.165, 1.54) is 5.56 Å². The van der Waals surface area contributed by atoms with Crippen molar-refractivity contribution in [2.75, 3.05) is 0 Å². The summed E-state index contributed by atoms with van der Waals surface area (Å²) >= 11 is 0. The predicted molar refractivity (Wildman–Crippen MR) is 58.2 cm³/mol. The Hall–Kier alpha value is -0.893. The maximum Gasteiger partial charge on any atom is 0.232 e. The molecule has 2 heteroatoms. The van der Waals surface area contributed by atoms with Crippen LogP contribution in [0.1, 0.15) is 5.56 Å². The van der Waals surface area contributed by atoms with Crippen LogP contribution in [-0.4, -0.2) is 9.13 Å². The van der Waals surface area contributed by atoms with Crippen molar-refractivity contribution in [3.8, 4) is 0 Å². The average Bonchev–Trinajstić information content (AvgIpc) is 2.14. The van der Waals surface area contributed by atoms with Crippen molar-refractivity contribution in [2.24, 2.45) is 0 Å². The zero-order chi connectivity index (χ0) is 9.52. The summed E-state index contributed by atoms with van der Waals surface area (Å²) in [7, 11) is -1.88. The summed E-state index contributed by atoms with van der Waals surface area (Å²) in [6.07, 6.45) is 4.93. The smallest absolute Gasteiger partial charge is 0.232 e. The Kier molecular flexibility index (Phi) is 4.47. The number of rotatable bonds is 4. The molecule has 0 N–H and O–H groups in total. The van der Waals surface area contributed by atoms with E-state index in [1.807, 2.05) is 24.3 Å². The fraction of sp³-hybridized carbons (Fsp3) is 0.273. The Morgan fingerprint density at radius 1 is 1.23 bits per heavy atom. The second kappa shape index (κ2) is 5.70. The maximum absolute atomic E-state index is 12.5. The molecule has 0 nitrogen and oxygen atoms in total. The summed E-state index contributed by atoms with van der Waals surface area (Å²) in [4.78, 5) is 0. The minimum absolute atomic E-state index is 0.660. The molecule has 0 heterocycles. The van der Waals surface area contributed by atoms with Gasteiger partial charge in [-0.3, -0.25) is 0 Å². The molecule has 0 saturated carbocycles. The third-order valence-electron chi connectivity index (χ3n) is 1.82. The van der Waals surface area contributed by atoms with Gasteiger partial charge in [-0.05, 0) is 24.6 Å². The lowest BCUT2D eigenvalue weighted by Crippen LogP contribution is -1.93. The molecule has 0 saturated heterocycles. The number of benzene rings is 1. The van der Waals surface area contributed by atoms with Crippen LogP contribution >= 0.6 is 0 Å². The van der Waals surface area contributed by atoms with Gasteiger partial charge in [-0.1, -0.05) is 42.5 Å². The highest BCUT2D eigenvalue weighted by Gasteiger charge is 1.95. The molecule has 0 aliphatic carbocycles. The quantitative estimate of drug-likeness (QED) is 0.392. The molecule has 1 rings (SSSR count). The SMILES string of the molecule is C[SiH](F)CC=CCc1ccccc1. The van der Waals surface area contributed by atoms with Crippen molar-refractivity contribution in [3.05, 3.63) is 48.0 Å². The van der Waals surface area contributed by atoms with Crippen molar-refractivity contribution in [2.45, 2.75) is 19.0 Å². The van der Waals surface area contributed by atoms with Crippen molar-refractivity contribution in [1.82, 2.24) is 0 Å². The van der Waals surface area contributed by atoms with Crippen LogP contribution in [0.25, 0.3) is 0 Å². The molecule has 0 aromatic heterocycles. The Bertz CT molecular complexity index is 254. The zero-order valence-corrected chi connectivity index (χ0v) is 9.07. The first-order valence-corrected chi connectivity index (χ1v) is 7.03. The van der Waals surface area contributed by atoms with E-state index in [9.17, 15) is 4.11 Å². The molecular formula is C11H15FSi. The molecule has 0 radical (unpaired) electrons. The number of hydrogen-bond donors (Lipinski definition) is 0. The minimum atomic E-state index is -1.88. The van der Waals surface area contributed by atoms with E-state index in [0.29, 0.717) is 6.04 Å². The molecule has 1 atom stereocenters. The van der Waals surface area contributed by atoms with Crippen LogP contribution < -0.4 is 0 Å². The first kappa shape index (κ1) is 10.2. The molecule has 0 fully saturated rings. The Balaban J connectivity index is 2.31. The van der Waals surface area contributed by atoms with Crippen LogP contribution in [0.5, 0.6) is 0 Å². The summed E-state index contributed by atoms with van der Waals surface area (Å²) in [6.45, 7) is 1.72. The van der Waals surface area contributed by atoms with Gasteiger partial charge in [0.2, 0.25) is 9.13 Å². The van der Waals surface area contributed by atoms with Gasteiger partial charge >= 0.3 is 0 Å². The van der Waals surface area contributed by atoms with Gasteiger partial charge in [0.15, 0.2) is 0 Å². The van der Waals surface area contributed by atoms with Gasteiger partial charge in [-0.2, -0.15) is 0 Å². The summed E-state index contributed by atoms with van der Waals surface area (Å²) in [5.74, 6) is 0. The summed E-state index contributed by atoms with van der Waals surface area (Å²) in [5.41, 5.74) is 1.28. The second-order valence-electron chi connectivity index (χ2n) is 3.18. The Morgan fingerprint density at radius 3 is 2.54 bits per heavy atom. The first-order chi connectivity index (χ1) is 6.29. The van der Waals surface area contributed by atoms with E-state index in [1.54, 1.807) is 6.55 Å².